The third-order valence-corrected chi connectivity index (χ3v) is 4.56. The van der Waals surface area contributed by atoms with Crippen molar-refractivity contribution in [2.45, 2.75) is 20.0 Å². The number of ether oxygens (including phenoxy) is 1. The van der Waals surface area contributed by atoms with Gasteiger partial charge in [0.05, 0.1) is 30.7 Å². The molecule has 0 saturated heterocycles. The minimum Gasteiger partial charge on any atom is -0.380 e. The normalized spacial score (nSPS) is 11.0. The van der Waals surface area contributed by atoms with E-state index in [2.05, 4.69) is 40.7 Å². The molecule has 1 heterocycles. The number of hydrogen-bond donors (Lipinski definition) is 2. The Morgan fingerprint density at radius 2 is 2.14 bits per heavy atom. The first-order chi connectivity index (χ1) is 13.6. The number of primary amides is 1. The lowest BCUT2D eigenvalue weighted by Gasteiger charge is -2.11. The molecule has 0 fully saturated rings. The molecule has 0 radical (unpaired) electrons. The summed E-state index contributed by atoms with van der Waals surface area (Å²) in [5.74, 6) is 0.463. The van der Waals surface area contributed by atoms with Crippen LogP contribution in [-0.2, 0) is 22.6 Å². The van der Waals surface area contributed by atoms with Gasteiger partial charge >= 0.3 is 0 Å². The fraction of sp³-hybridized carbons (Fsp3) is 0.273. The number of rotatable bonds is 10. The summed E-state index contributed by atoms with van der Waals surface area (Å²) in [6.07, 6.45) is 1.87. The summed E-state index contributed by atoms with van der Waals surface area (Å²) in [4.78, 5) is 15.8. The van der Waals surface area contributed by atoms with Crippen LogP contribution in [0.4, 0.5) is 0 Å². The molecule has 0 unspecified atom stereocenters. The van der Waals surface area contributed by atoms with Gasteiger partial charge in [-0.25, -0.2) is 4.98 Å². The highest BCUT2D eigenvalue weighted by Gasteiger charge is 2.13. The van der Waals surface area contributed by atoms with E-state index in [1.807, 2.05) is 31.2 Å². The number of carbonyl (C=O) groups excluding carboxylic acids is 1. The summed E-state index contributed by atoms with van der Waals surface area (Å²) >= 11 is 0. The average Bonchev–Trinajstić information content (AvgIpc) is 3.04. The number of fused-ring (bicyclic) bond motifs is 1. The molecule has 6 heteroatoms. The highest BCUT2D eigenvalue weighted by Crippen LogP contribution is 2.28. The molecular weight excluding hydrogens is 352 g/mol. The van der Waals surface area contributed by atoms with Crippen LogP contribution in [0.5, 0.6) is 0 Å². The van der Waals surface area contributed by atoms with Crippen molar-refractivity contribution in [3.05, 3.63) is 60.4 Å². The van der Waals surface area contributed by atoms with Crippen LogP contribution in [0.15, 0.2) is 49.0 Å². The minimum absolute atomic E-state index is 0.118. The van der Waals surface area contributed by atoms with Gasteiger partial charge in [-0.3, -0.25) is 4.79 Å². The second-order valence-corrected chi connectivity index (χ2v) is 6.44. The van der Waals surface area contributed by atoms with E-state index in [0.29, 0.717) is 26.3 Å². The van der Waals surface area contributed by atoms with Crippen molar-refractivity contribution in [3.8, 4) is 11.1 Å². The van der Waals surface area contributed by atoms with Crippen LogP contribution >= 0.6 is 0 Å². The molecule has 1 aromatic heterocycles. The van der Waals surface area contributed by atoms with E-state index < -0.39 is 0 Å². The molecular formula is C22H26N4O2. The van der Waals surface area contributed by atoms with Crippen LogP contribution in [0, 0.1) is 0 Å². The Hall–Kier alpha value is -2.96. The molecule has 3 N–H and O–H groups in total. The monoisotopic (exact) mass is 378 g/mol. The van der Waals surface area contributed by atoms with E-state index >= 15 is 0 Å². The highest BCUT2D eigenvalue weighted by atomic mass is 16.5. The average molecular weight is 378 g/mol. The van der Waals surface area contributed by atoms with Crippen LogP contribution < -0.4 is 11.1 Å². The van der Waals surface area contributed by atoms with Crippen LogP contribution in [0.3, 0.4) is 0 Å². The van der Waals surface area contributed by atoms with E-state index in [1.54, 1.807) is 0 Å². The number of nitrogens with zero attached hydrogens (tertiary/aromatic N) is 2. The van der Waals surface area contributed by atoms with Crippen molar-refractivity contribution in [2.75, 3.05) is 19.8 Å². The molecule has 3 rings (SSSR count). The van der Waals surface area contributed by atoms with Gasteiger partial charge in [-0.2, -0.15) is 0 Å². The van der Waals surface area contributed by atoms with Gasteiger partial charge in [0, 0.05) is 13.2 Å². The van der Waals surface area contributed by atoms with Gasteiger partial charge in [-0.1, -0.05) is 43.0 Å². The summed E-state index contributed by atoms with van der Waals surface area (Å²) in [5.41, 5.74) is 10.5. The number of nitrogens with two attached hydrogens (primary N) is 1. The van der Waals surface area contributed by atoms with Crippen LogP contribution in [0.25, 0.3) is 28.2 Å². The zero-order valence-electron chi connectivity index (χ0n) is 16.1. The molecule has 0 aliphatic rings. The largest absolute Gasteiger partial charge is 0.380 e. The van der Waals surface area contributed by atoms with Gasteiger partial charge in [0.25, 0.3) is 0 Å². The van der Waals surface area contributed by atoms with Crippen LogP contribution in [0.1, 0.15) is 18.3 Å². The van der Waals surface area contributed by atoms with Gasteiger partial charge in [0.1, 0.15) is 5.82 Å². The minimum atomic E-state index is -0.389. The maximum atomic E-state index is 11.0. The molecule has 0 aliphatic carbocycles. The van der Waals surface area contributed by atoms with E-state index in [9.17, 15) is 4.79 Å². The zero-order chi connectivity index (χ0) is 19.9. The van der Waals surface area contributed by atoms with Gasteiger partial charge in [0.15, 0.2) is 0 Å². The lowest BCUT2D eigenvalue weighted by Crippen LogP contribution is -2.29. The predicted molar refractivity (Wildman–Crippen MR) is 113 cm³/mol. The van der Waals surface area contributed by atoms with Crippen molar-refractivity contribution in [1.29, 1.82) is 0 Å². The maximum absolute atomic E-state index is 11.0. The maximum Gasteiger partial charge on any atom is 0.231 e. The molecule has 0 saturated carbocycles. The Labute approximate surface area is 165 Å². The summed E-state index contributed by atoms with van der Waals surface area (Å²) in [5, 5.41) is 3.05. The van der Waals surface area contributed by atoms with Crippen molar-refractivity contribution in [1.82, 2.24) is 14.9 Å². The Bertz CT molecular complexity index is 978. The zero-order valence-corrected chi connectivity index (χ0v) is 16.1. The second-order valence-electron chi connectivity index (χ2n) is 6.44. The molecule has 1 amide bonds. The lowest BCUT2D eigenvalue weighted by molar-refractivity contribution is -0.117. The number of aromatic nitrogens is 2. The van der Waals surface area contributed by atoms with Gasteiger partial charge in [0.2, 0.25) is 5.91 Å². The summed E-state index contributed by atoms with van der Waals surface area (Å²) in [6.45, 7) is 8.42. The third-order valence-electron chi connectivity index (χ3n) is 4.56. The first-order valence-corrected chi connectivity index (χ1v) is 9.41. The molecule has 0 bridgehead atoms. The smallest absolute Gasteiger partial charge is 0.231 e. The van der Waals surface area contributed by atoms with Gasteiger partial charge < -0.3 is 20.4 Å². The fourth-order valence-corrected chi connectivity index (χ4v) is 3.26. The van der Waals surface area contributed by atoms with Crippen molar-refractivity contribution in [2.24, 2.45) is 5.73 Å². The molecule has 2 aromatic carbocycles. The molecule has 6 nitrogen and oxygen atoms in total. The first kappa shape index (κ1) is 19.8. The van der Waals surface area contributed by atoms with E-state index in [1.165, 1.54) is 0 Å². The van der Waals surface area contributed by atoms with Crippen molar-refractivity contribution >= 4 is 23.0 Å². The second kappa shape index (κ2) is 9.30. The number of benzene rings is 2. The standard InChI is InChI=1S/C22H26N4O2/c1-3-16-7-5-6-8-18(16)17-9-10-19-20(13-17)26(11-12-28-4-2)22(25-19)15-24-14-21(23)27/h3,5-10,13,24H,1,4,11-12,14-15H2,2H3,(H2,23,27). The SMILES string of the molecule is C=Cc1ccccc1-c1ccc2nc(CNCC(N)=O)n(CCOCC)c2c1. The number of amides is 1. The van der Waals surface area contributed by atoms with Crippen LogP contribution in [-0.4, -0.2) is 35.2 Å². The highest BCUT2D eigenvalue weighted by molar-refractivity contribution is 5.85. The summed E-state index contributed by atoms with van der Waals surface area (Å²) in [6, 6.07) is 14.4. The molecule has 0 aliphatic heterocycles. The van der Waals surface area contributed by atoms with Crippen molar-refractivity contribution < 1.29 is 9.53 Å². The quantitative estimate of drug-likeness (QED) is 0.532. The predicted octanol–water partition coefficient (Wildman–Crippen LogP) is 2.96. The molecule has 3 aromatic rings. The number of carbonyl (C=O) groups is 1. The number of imidazole rings is 1. The Balaban J connectivity index is 2.00. The first-order valence-electron chi connectivity index (χ1n) is 9.41. The Morgan fingerprint density at radius 1 is 1.32 bits per heavy atom. The van der Waals surface area contributed by atoms with Gasteiger partial charge in [-0.05, 0) is 35.7 Å². The lowest BCUT2D eigenvalue weighted by atomic mass is 9.99. The molecule has 0 atom stereocenters. The third kappa shape index (κ3) is 4.47. The van der Waals surface area contributed by atoms with E-state index in [-0.39, 0.29) is 12.5 Å². The van der Waals surface area contributed by atoms with E-state index in [0.717, 1.165) is 33.5 Å². The summed E-state index contributed by atoms with van der Waals surface area (Å²) in [7, 11) is 0. The number of nitrogens with one attached hydrogen (secondary N) is 1. The summed E-state index contributed by atoms with van der Waals surface area (Å²) < 4.78 is 7.69. The Kier molecular flexibility index (Phi) is 6.57. The molecule has 0 spiro atoms. The van der Waals surface area contributed by atoms with Crippen molar-refractivity contribution in [3.63, 3.8) is 0 Å². The fourth-order valence-electron chi connectivity index (χ4n) is 3.26. The van der Waals surface area contributed by atoms with Crippen LogP contribution in [0.2, 0.25) is 0 Å². The molecule has 146 valence electrons. The Morgan fingerprint density at radius 3 is 2.89 bits per heavy atom. The topological polar surface area (TPSA) is 82.2 Å². The van der Waals surface area contributed by atoms with Gasteiger partial charge in [-0.15, -0.1) is 0 Å². The van der Waals surface area contributed by atoms with E-state index in [4.69, 9.17) is 15.5 Å². The number of hydrogen-bond acceptors (Lipinski definition) is 4. The molecule has 28 heavy (non-hydrogen) atoms.